The number of amidine groups is 1. The van der Waals surface area contributed by atoms with Gasteiger partial charge in [0, 0.05) is 42.9 Å². The third-order valence-corrected chi connectivity index (χ3v) is 4.55. The first-order chi connectivity index (χ1) is 12.2. The molecule has 27 heavy (non-hydrogen) atoms. The lowest BCUT2D eigenvalue weighted by Gasteiger charge is -2.25. The Hall–Kier alpha value is -1.31. The van der Waals surface area contributed by atoms with Gasteiger partial charge in [-0.2, -0.15) is 0 Å². The minimum Gasteiger partial charge on any atom is -0.460 e. The Bertz CT molecular complexity index is 728. The highest BCUT2D eigenvalue weighted by Gasteiger charge is 2.18. The number of para-hydroxylation sites is 1. The topological polar surface area (TPSA) is 70.2 Å². The maximum absolute atomic E-state index is 9.52. The van der Waals surface area contributed by atoms with Crippen LogP contribution in [-0.4, -0.2) is 55.3 Å². The van der Waals surface area contributed by atoms with Crippen LogP contribution in [0.15, 0.2) is 33.7 Å². The molecule has 1 aromatic carbocycles. The summed E-state index contributed by atoms with van der Waals surface area (Å²) in [4.78, 5) is 6.88. The number of hydroxylamine groups is 1. The lowest BCUT2D eigenvalue weighted by atomic mass is 10.0. The van der Waals surface area contributed by atoms with Crippen molar-refractivity contribution in [3.63, 3.8) is 0 Å². The van der Waals surface area contributed by atoms with E-state index in [1.165, 1.54) is 0 Å². The number of benzene rings is 1. The molecule has 2 heterocycles. The van der Waals surface area contributed by atoms with Gasteiger partial charge in [0.15, 0.2) is 0 Å². The summed E-state index contributed by atoms with van der Waals surface area (Å²) in [6.07, 6.45) is 0.532. The number of morpholine rings is 1. The molecule has 8 heteroatoms. The summed E-state index contributed by atoms with van der Waals surface area (Å²) in [5, 5.41) is 10.6. The maximum Gasteiger partial charge on any atom is 0.134 e. The van der Waals surface area contributed by atoms with E-state index < -0.39 is 0 Å². The molecule has 0 amide bonds. The van der Waals surface area contributed by atoms with Crippen molar-refractivity contribution in [1.82, 2.24) is 10.4 Å². The van der Waals surface area contributed by atoms with Gasteiger partial charge in [-0.1, -0.05) is 32.0 Å². The third kappa shape index (κ3) is 6.09. The molecule has 6 nitrogen and oxygen atoms in total. The normalized spacial score (nSPS) is 15.5. The van der Waals surface area contributed by atoms with E-state index in [0.29, 0.717) is 18.8 Å². The highest BCUT2D eigenvalue weighted by molar-refractivity contribution is 5.90. The minimum absolute atomic E-state index is 0. The standard InChI is InChI=1S/C19H27N3O3.2ClH/c1-14(2)19-16(15-5-3-4-6-17(15)25-19)13-18(21-23)20-7-8-22-9-11-24-12-10-22;;/h3-6,14,23H,7-13H2,1-2H3,(H,20,21);2*1H. The minimum atomic E-state index is 0. The Labute approximate surface area is 172 Å². The van der Waals surface area contributed by atoms with Crippen LogP contribution >= 0.6 is 24.8 Å². The molecule has 0 spiro atoms. The molecule has 3 rings (SSSR count). The zero-order valence-corrected chi connectivity index (χ0v) is 17.4. The maximum atomic E-state index is 9.52. The second kappa shape index (κ2) is 11.5. The van der Waals surface area contributed by atoms with Crippen LogP contribution in [0, 0.1) is 0 Å². The molecule has 0 unspecified atom stereocenters. The van der Waals surface area contributed by atoms with Crippen LogP contribution in [0.4, 0.5) is 0 Å². The number of hydrogen-bond acceptors (Lipinski definition) is 5. The SMILES string of the molecule is CC(C)c1oc2ccccc2c1CC(=NCCN1CCOCC1)NO.Cl.Cl. The van der Waals surface area contributed by atoms with Gasteiger partial charge in [0.2, 0.25) is 0 Å². The van der Waals surface area contributed by atoms with Gasteiger partial charge in [0.1, 0.15) is 17.2 Å². The van der Waals surface area contributed by atoms with Crippen LogP contribution in [0.3, 0.4) is 0 Å². The van der Waals surface area contributed by atoms with Crippen LogP contribution in [-0.2, 0) is 11.2 Å². The molecular formula is C19H29Cl2N3O3. The number of rotatable bonds is 6. The number of furan rings is 1. The zero-order valence-electron chi connectivity index (χ0n) is 15.8. The van der Waals surface area contributed by atoms with Gasteiger partial charge in [-0.3, -0.25) is 20.6 Å². The Kier molecular flexibility index (Phi) is 10.1. The Morgan fingerprint density at radius 3 is 2.59 bits per heavy atom. The average Bonchev–Trinajstić information content (AvgIpc) is 3.00. The quantitative estimate of drug-likeness (QED) is 0.426. The smallest absolute Gasteiger partial charge is 0.134 e. The number of ether oxygens (including phenoxy) is 1. The van der Waals surface area contributed by atoms with Gasteiger partial charge in [-0.15, -0.1) is 24.8 Å². The van der Waals surface area contributed by atoms with Crippen molar-refractivity contribution in [3.05, 3.63) is 35.6 Å². The van der Waals surface area contributed by atoms with Crippen LogP contribution in [0.5, 0.6) is 0 Å². The zero-order chi connectivity index (χ0) is 17.6. The van der Waals surface area contributed by atoms with Crippen LogP contribution in [0.1, 0.15) is 31.1 Å². The first-order valence-electron chi connectivity index (χ1n) is 8.93. The van der Waals surface area contributed by atoms with Crippen molar-refractivity contribution >= 4 is 41.6 Å². The van der Waals surface area contributed by atoms with Crippen molar-refractivity contribution in [3.8, 4) is 0 Å². The highest BCUT2D eigenvalue weighted by atomic mass is 35.5. The number of halogens is 2. The van der Waals surface area contributed by atoms with Crippen LogP contribution in [0.2, 0.25) is 0 Å². The van der Waals surface area contributed by atoms with E-state index in [2.05, 4.69) is 35.3 Å². The summed E-state index contributed by atoms with van der Waals surface area (Å²) in [5.41, 5.74) is 4.25. The van der Waals surface area contributed by atoms with E-state index in [-0.39, 0.29) is 30.7 Å². The first-order valence-corrected chi connectivity index (χ1v) is 8.93. The molecule has 0 bridgehead atoms. The molecule has 2 aromatic rings. The van der Waals surface area contributed by atoms with Gasteiger partial charge < -0.3 is 9.15 Å². The molecule has 1 fully saturated rings. The lowest BCUT2D eigenvalue weighted by molar-refractivity contribution is 0.0394. The summed E-state index contributed by atoms with van der Waals surface area (Å²) in [5.74, 6) is 1.80. The highest BCUT2D eigenvalue weighted by Crippen LogP contribution is 2.31. The Balaban J connectivity index is 0.00000182. The molecular weight excluding hydrogens is 389 g/mol. The van der Waals surface area contributed by atoms with E-state index >= 15 is 0 Å². The second-order valence-corrected chi connectivity index (χ2v) is 6.67. The molecule has 152 valence electrons. The molecule has 1 aromatic heterocycles. The van der Waals surface area contributed by atoms with E-state index in [1.807, 2.05) is 18.2 Å². The summed E-state index contributed by atoms with van der Waals surface area (Å²) >= 11 is 0. The first kappa shape index (κ1) is 23.7. The van der Waals surface area contributed by atoms with Gasteiger partial charge in [-0.05, 0) is 6.07 Å². The number of aliphatic imine (C=N–C) groups is 1. The van der Waals surface area contributed by atoms with E-state index in [9.17, 15) is 5.21 Å². The summed E-state index contributed by atoms with van der Waals surface area (Å²) in [6, 6.07) is 8.02. The van der Waals surface area contributed by atoms with E-state index in [4.69, 9.17) is 9.15 Å². The van der Waals surface area contributed by atoms with Crippen molar-refractivity contribution < 1.29 is 14.4 Å². The van der Waals surface area contributed by atoms with Crippen molar-refractivity contribution in [2.24, 2.45) is 4.99 Å². The molecule has 1 aliphatic rings. The second-order valence-electron chi connectivity index (χ2n) is 6.67. The fourth-order valence-corrected chi connectivity index (χ4v) is 3.22. The molecule has 2 N–H and O–H groups in total. The summed E-state index contributed by atoms with van der Waals surface area (Å²) < 4.78 is 11.4. The monoisotopic (exact) mass is 417 g/mol. The van der Waals surface area contributed by atoms with Crippen molar-refractivity contribution in [2.75, 3.05) is 39.4 Å². The lowest BCUT2D eigenvalue weighted by Crippen LogP contribution is -2.38. The molecule has 1 aliphatic heterocycles. The number of fused-ring (bicyclic) bond motifs is 1. The molecule has 0 aliphatic carbocycles. The number of hydrogen-bond donors (Lipinski definition) is 2. The summed E-state index contributed by atoms with van der Waals surface area (Å²) in [7, 11) is 0. The van der Waals surface area contributed by atoms with Crippen LogP contribution in [0.25, 0.3) is 11.0 Å². The molecule has 0 saturated carbocycles. The molecule has 0 atom stereocenters. The fourth-order valence-electron chi connectivity index (χ4n) is 3.22. The Morgan fingerprint density at radius 1 is 1.22 bits per heavy atom. The number of nitrogens with one attached hydrogen (secondary N) is 1. The van der Waals surface area contributed by atoms with Gasteiger partial charge in [-0.25, -0.2) is 0 Å². The number of nitrogens with zero attached hydrogens (tertiary/aromatic N) is 2. The molecule has 0 radical (unpaired) electrons. The van der Waals surface area contributed by atoms with Crippen molar-refractivity contribution in [1.29, 1.82) is 0 Å². The van der Waals surface area contributed by atoms with Crippen LogP contribution < -0.4 is 5.48 Å². The van der Waals surface area contributed by atoms with E-state index in [0.717, 1.165) is 55.1 Å². The predicted molar refractivity (Wildman–Crippen MR) is 113 cm³/mol. The largest absolute Gasteiger partial charge is 0.460 e. The van der Waals surface area contributed by atoms with Gasteiger partial charge >= 0.3 is 0 Å². The molecule has 1 saturated heterocycles. The van der Waals surface area contributed by atoms with Gasteiger partial charge in [0.05, 0.1) is 19.8 Å². The van der Waals surface area contributed by atoms with E-state index in [1.54, 1.807) is 0 Å². The third-order valence-electron chi connectivity index (χ3n) is 4.55. The fraction of sp³-hybridized carbons (Fsp3) is 0.526. The predicted octanol–water partition coefficient (Wildman–Crippen LogP) is 3.65. The van der Waals surface area contributed by atoms with Crippen molar-refractivity contribution in [2.45, 2.75) is 26.2 Å². The Morgan fingerprint density at radius 2 is 1.93 bits per heavy atom. The summed E-state index contributed by atoms with van der Waals surface area (Å²) in [6.45, 7) is 9.21. The van der Waals surface area contributed by atoms with Gasteiger partial charge in [0.25, 0.3) is 0 Å². The average molecular weight is 418 g/mol.